The van der Waals surface area contributed by atoms with Gasteiger partial charge >= 0.3 is 5.97 Å². The van der Waals surface area contributed by atoms with E-state index in [0.29, 0.717) is 4.47 Å². The standard InChI is InChI=1S/C10H12BrNO5S/c1-16-8-4-3-7(11)5-9(8)18(14,15)12-6-10(13)17-2/h3-5,12H,6H2,1-2H3. The molecule has 0 fully saturated rings. The minimum atomic E-state index is -3.84. The van der Waals surface area contributed by atoms with Crippen LogP contribution in [0.5, 0.6) is 5.75 Å². The zero-order chi connectivity index (χ0) is 13.8. The van der Waals surface area contributed by atoms with E-state index >= 15 is 0 Å². The monoisotopic (exact) mass is 337 g/mol. The summed E-state index contributed by atoms with van der Waals surface area (Å²) >= 11 is 3.17. The van der Waals surface area contributed by atoms with Gasteiger partial charge in [0.2, 0.25) is 10.0 Å². The van der Waals surface area contributed by atoms with Gasteiger partial charge in [-0.3, -0.25) is 4.79 Å². The molecular weight excluding hydrogens is 326 g/mol. The van der Waals surface area contributed by atoms with Gasteiger partial charge in [-0.25, -0.2) is 8.42 Å². The van der Waals surface area contributed by atoms with Gasteiger partial charge in [0, 0.05) is 4.47 Å². The maximum Gasteiger partial charge on any atom is 0.320 e. The third kappa shape index (κ3) is 3.69. The number of esters is 1. The number of rotatable bonds is 5. The fraction of sp³-hybridized carbons (Fsp3) is 0.300. The van der Waals surface area contributed by atoms with Crippen LogP contribution < -0.4 is 9.46 Å². The molecule has 100 valence electrons. The molecule has 0 amide bonds. The van der Waals surface area contributed by atoms with E-state index < -0.39 is 22.5 Å². The van der Waals surface area contributed by atoms with Gasteiger partial charge in [0.1, 0.15) is 17.2 Å². The van der Waals surface area contributed by atoms with Gasteiger partial charge in [0.05, 0.1) is 14.2 Å². The van der Waals surface area contributed by atoms with Gasteiger partial charge in [-0.15, -0.1) is 0 Å². The fourth-order valence-corrected chi connectivity index (χ4v) is 2.84. The minimum Gasteiger partial charge on any atom is -0.495 e. The summed E-state index contributed by atoms with van der Waals surface area (Å²) in [6, 6.07) is 4.55. The molecule has 0 heterocycles. The summed E-state index contributed by atoms with van der Waals surface area (Å²) < 4.78 is 36.0. The molecule has 0 saturated heterocycles. The summed E-state index contributed by atoms with van der Waals surface area (Å²) in [6.45, 7) is -0.436. The van der Waals surface area contributed by atoms with Crippen molar-refractivity contribution in [1.29, 1.82) is 0 Å². The lowest BCUT2D eigenvalue weighted by atomic mass is 10.3. The first-order valence-corrected chi connectivity index (χ1v) is 7.08. The normalized spacial score (nSPS) is 11.1. The summed E-state index contributed by atoms with van der Waals surface area (Å²) in [7, 11) is -1.30. The Bertz CT molecular complexity index is 543. The molecule has 8 heteroatoms. The average molecular weight is 338 g/mol. The number of nitrogens with one attached hydrogen (secondary N) is 1. The van der Waals surface area contributed by atoms with Crippen molar-refractivity contribution in [2.45, 2.75) is 4.90 Å². The van der Waals surface area contributed by atoms with Crippen LogP contribution in [-0.2, 0) is 19.6 Å². The van der Waals surface area contributed by atoms with E-state index in [0.717, 1.165) is 0 Å². The van der Waals surface area contributed by atoms with Gasteiger partial charge in [-0.1, -0.05) is 15.9 Å². The number of hydrogen-bond acceptors (Lipinski definition) is 5. The first-order chi connectivity index (χ1) is 8.40. The predicted molar refractivity (Wildman–Crippen MR) is 67.9 cm³/mol. The van der Waals surface area contributed by atoms with Crippen LogP contribution >= 0.6 is 15.9 Å². The number of carbonyl (C=O) groups excluding carboxylic acids is 1. The first-order valence-electron chi connectivity index (χ1n) is 4.80. The molecule has 6 nitrogen and oxygen atoms in total. The van der Waals surface area contributed by atoms with Crippen molar-refractivity contribution >= 4 is 31.9 Å². The third-order valence-electron chi connectivity index (χ3n) is 2.05. The Hall–Kier alpha value is -1.12. The van der Waals surface area contributed by atoms with Crippen molar-refractivity contribution in [3.63, 3.8) is 0 Å². The molecule has 0 saturated carbocycles. The van der Waals surface area contributed by atoms with E-state index in [2.05, 4.69) is 25.4 Å². The molecule has 0 unspecified atom stereocenters. The second-order valence-corrected chi connectivity index (χ2v) is 5.85. The SMILES string of the molecule is COC(=O)CNS(=O)(=O)c1cc(Br)ccc1OC. The topological polar surface area (TPSA) is 81.7 Å². The highest BCUT2D eigenvalue weighted by atomic mass is 79.9. The molecule has 0 aromatic heterocycles. The summed E-state index contributed by atoms with van der Waals surface area (Å²) in [5.41, 5.74) is 0. The van der Waals surface area contributed by atoms with Crippen molar-refractivity contribution in [2.75, 3.05) is 20.8 Å². The number of sulfonamides is 1. The number of hydrogen-bond donors (Lipinski definition) is 1. The van der Waals surface area contributed by atoms with Crippen LogP contribution in [0.3, 0.4) is 0 Å². The van der Waals surface area contributed by atoms with Crippen molar-refractivity contribution in [1.82, 2.24) is 4.72 Å². The number of halogens is 1. The van der Waals surface area contributed by atoms with E-state index in [1.807, 2.05) is 0 Å². The van der Waals surface area contributed by atoms with Crippen LogP contribution in [0.25, 0.3) is 0 Å². The van der Waals surface area contributed by atoms with E-state index in [1.165, 1.54) is 26.4 Å². The van der Waals surface area contributed by atoms with Gasteiger partial charge in [-0.2, -0.15) is 4.72 Å². The molecular formula is C10H12BrNO5S. The highest BCUT2D eigenvalue weighted by Crippen LogP contribution is 2.26. The quantitative estimate of drug-likeness (QED) is 0.807. The first kappa shape index (κ1) is 14.9. The number of methoxy groups -OCH3 is 2. The summed E-state index contributed by atoms with van der Waals surface area (Å²) in [4.78, 5) is 10.9. The Morgan fingerprint density at radius 2 is 2.06 bits per heavy atom. The molecule has 0 spiro atoms. The third-order valence-corrected chi connectivity index (χ3v) is 3.97. The van der Waals surface area contributed by atoms with Crippen LogP contribution in [0, 0.1) is 0 Å². The lowest BCUT2D eigenvalue weighted by Crippen LogP contribution is -2.30. The average Bonchev–Trinajstić information content (AvgIpc) is 2.36. The second kappa shape index (κ2) is 6.17. The molecule has 0 radical (unpaired) electrons. The molecule has 1 aromatic carbocycles. The van der Waals surface area contributed by atoms with Crippen molar-refractivity contribution in [2.24, 2.45) is 0 Å². The number of benzene rings is 1. The molecule has 0 aliphatic rings. The Labute approximate surface area is 113 Å². The van der Waals surface area contributed by atoms with Crippen LogP contribution in [0.4, 0.5) is 0 Å². The second-order valence-electron chi connectivity index (χ2n) is 3.20. The Balaban J connectivity index is 3.04. The Morgan fingerprint density at radius 1 is 1.39 bits per heavy atom. The molecule has 18 heavy (non-hydrogen) atoms. The summed E-state index contributed by atoms with van der Waals surface area (Å²) in [6.07, 6.45) is 0. The summed E-state index contributed by atoms with van der Waals surface area (Å²) in [5, 5.41) is 0. The van der Waals surface area contributed by atoms with Gasteiger partial charge in [0.15, 0.2) is 0 Å². The highest BCUT2D eigenvalue weighted by Gasteiger charge is 2.20. The van der Waals surface area contributed by atoms with Crippen LogP contribution in [0.1, 0.15) is 0 Å². The maximum absolute atomic E-state index is 12.0. The largest absolute Gasteiger partial charge is 0.495 e. The zero-order valence-electron chi connectivity index (χ0n) is 9.77. The minimum absolute atomic E-state index is 0.0525. The van der Waals surface area contributed by atoms with Gasteiger partial charge in [-0.05, 0) is 18.2 Å². The lowest BCUT2D eigenvalue weighted by Gasteiger charge is -2.10. The molecule has 1 N–H and O–H groups in total. The number of carbonyl (C=O) groups is 1. The Kier molecular flexibility index (Phi) is 5.12. The van der Waals surface area contributed by atoms with Crippen LogP contribution in [-0.4, -0.2) is 35.2 Å². The molecule has 0 aliphatic heterocycles. The predicted octanol–water partition coefficient (Wildman–Crippen LogP) is 0.909. The molecule has 0 aliphatic carbocycles. The highest BCUT2D eigenvalue weighted by molar-refractivity contribution is 9.10. The van der Waals surface area contributed by atoms with Crippen molar-refractivity contribution in [3.05, 3.63) is 22.7 Å². The molecule has 0 bridgehead atoms. The smallest absolute Gasteiger partial charge is 0.320 e. The van der Waals surface area contributed by atoms with Crippen LogP contribution in [0.2, 0.25) is 0 Å². The van der Waals surface area contributed by atoms with Crippen molar-refractivity contribution in [3.8, 4) is 5.75 Å². The van der Waals surface area contributed by atoms with E-state index in [9.17, 15) is 13.2 Å². The van der Waals surface area contributed by atoms with E-state index in [1.54, 1.807) is 6.07 Å². The lowest BCUT2D eigenvalue weighted by molar-refractivity contribution is -0.139. The van der Waals surface area contributed by atoms with Crippen LogP contribution in [0.15, 0.2) is 27.6 Å². The van der Waals surface area contributed by atoms with E-state index in [-0.39, 0.29) is 10.6 Å². The van der Waals surface area contributed by atoms with Gasteiger partial charge < -0.3 is 9.47 Å². The zero-order valence-corrected chi connectivity index (χ0v) is 12.2. The van der Waals surface area contributed by atoms with Crippen molar-refractivity contribution < 1.29 is 22.7 Å². The van der Waals surface area contributed by atoms with Gasteiger partial charge in [0.25, 0.3) is 0 Å². The molecule has 0 atom stereocenters. The molecule has 1 rings (SSSR count). The van der Waals surface area contributed by atoms with E-state index in [4.69, 9.17) is 4.74 Å². The Morgan fingerprint density at radius 3 is 2.61 bits per heavy atom. The molecule has 1 aromatic rings. The maximum atomic E-state index is 12.0. The summed E-state index contributed by atoms with van der Waals surface area (Å²) in [5.74, 6) is -0.483. The number of ether oxygens (including phenoxy) is 2. The fourth-order valence-electron chi connectivity index (χ4n) is 1.16.